The van der Waals surface area contributed by atoms with Gasteiger partial charge in [0.2, 0.25) is 5.91 Å². The lowest BCUT2D eigenvalue weighted by molar-refractivity contribution is -0.120. The van der Waals surface area contributed by atoms with Crippen LogP contribution < -0.4 is 10.6 Å². The number of imide groups is 1. The van der Waals surface area contributed by atoms with Crippen LogP contribution in [0.4, 0.5) is 4.79 Å². The molecule has 0 bridgehead atoms. The van der Waals surface area contributed by atoms with Gasteiger partial charge in [-0.3, -0.25) is 10.1 Å². The summed E-state index contributed by atoms with van der Waals surface area (Å²) in [6, 6.07) is -0.432. The standard InChI is InChI=1S/C10H19N3O2/c1-11-10(15)12-9(14)5-8-13-6-3-2-4-7-13/h2-8H2,1H3,(H2,11,12,14,15). The second-order valence-corrected chi connectivity index (χ2v) is 3.78. The van der Waals surface area contributed by atoms with Gasteiger partial charge in [0.15, 0.2) is 0 Å². The van der Waals surface area contributed by atoms with Gasteiger partial charge in [0, 0.05) is 20.0 Å². The molecular weight excluding hydrogens is 194 g/mol. The van der Waals surface area contributed by atoms with E-state index in [0.717, 1.165) is 19.6 Å². The van der Waals surface area contributed by atoms with Crippen LogP contribution in [0.1, 0.15) is 25.7 Å². The lowest BCUT2D eigenvalue weighted by Crippen LogP contribution is -2.39. The fourth-order valence-corrected chi connectivity index (χ4v) is 1.69. The van der Waals surface area contributed by atoms with Crippen molar-refractivity contribution in [3.05, 3.63) is 0 Å². The van der Waals surface area contributed by atoms with Gasteiger partial charge < -0.3 is 10.2 Å². The van der Waals surface area contributed by atoms with Crippen LogP contribution in [0.2, 0.25) is 0 Å². The molecule has 86 valence electrons. The molecule has 1 saturated heterocycles. The first-order chi connectivity index (χ1) is 7.22. The van der Waals surface area contributed by atoms with Gasteiger partial charge in [-0.1, -0.05) is 6.42 Å². The Kier molecular flexibility index (Phi) is 5.10. The highest BCUT2D eigenvalue weighted by Gasteiger charge is 2.12. The predicted molar refractivity (Wildman–Crippen MR) is 57.5 cm³/mol. The Bertz CT molecular complexity index is 225. The van der Waals surface area contributed by atoms with Crippen molar-refractivity contribution in [3.63, 3.8) is 0 Å². The molecule has 3 amide bonds. The van der Waals surface area contributed by atoms with E-state index in [1.807, 2.05) is 0 Å². The second kappa shape index (κ2) is 6.40. The number of hydrogen-bond acceptors (Lipinski definition) is 3. The zero-order valence-corrected chi connectivity index (χ0v) is 9.21. The van der Waals surface area contributed by atoms with E-state index in [-0.39, 0.29) is 5.91 Å². The summed E-state index contributed by atoms with van der Waals surface area (Å²) in [5, 5.41) is 4.60. The fourth-order valence-electron chi connectivity index (χ4n) is 1.69. The predicted octanol–water partition coefficient (Wildman–Crippen LogP) is 0.318. The van der Waals surface area contributed by atoms with Crippen molar-refractivity contribution < 1.29 is 9.59 Å². The summed E-state index contributed by atoms with van der Waals surface area (Å²) in [6.07, 6.45) is 4.13. The third-order valence-electron chi connectivity index (χ3n) is 2.58. The minimum absolute atomic E-state index is 0.208. The fraction of sp³-hybridized carbons (Fsp3) is 0.800. The van der Waals surface area contributed by atoms with Gasteiger partial charge >= 0.3 is 6.03 Å². The Balaban J connectivity index is 2.12. The molecule has 0 saturated carbocycles. The monoisotopic (exact) mass is 213 g/mol. The number of hydrogen-bond donors (Lipinski definition) is 2. The molecule has 0 aromatic heterocycles. The number of urea groups is 1. The number of likely N-dealkylation sites (tertiary alicyclic amines) is 1. The number of nitrogens with zero attached hydrogens (tertiary/aromatic N) is 1. The molecule has 1 rings (SSSR count). The Hall–Kier alpha value is -1.10. The van der Waals surface area contributed by atoms with Crippen molar-refractivity contribution in [2.75, 3.05) is 26.7 Å². The molecule has 0 unspecified atom stereocenters. The number of rotatable bonds is 3. The maximum atomic E-state index is 11.3. The molecule has 1 aliphatic rings. The van der Waals surface area contributed by atoms with Gasteiger partial charge in [-0.05, 0) is 25.9 Å². The van der Waals surface area contributed by atoms with E-state index in [1.165, 1.54) is 26.3 Å². The van der Waals surface area contributed by atoms with Crippen LogP contribution in [0.15, 0.2) is 0 Å². The zero-order chi connectivity index (χ0) is 11.1. The lowest BCUT2D eigenvalue weighted by Gasteiger charge is -2.25. The van der Waals surface area contributed by atoms with Crippen molar-refractivity contribution >= 4 is 11.9 Å². The Morgan fingerprint density at radius 2 is 1.87 bits per heavy atom. The highest BCUT2D eigenvalue weighted by molar-refractivity contribution is 5.94. The first kappa shape index (κ1) is 12.0. The van der Waals surface area contributed by atoms with Gasteiger partial charge in [0.05, 0.1) is 0 Å². The van der Waals surface area contributed by atoms with Crippen LogP contribution in [0.25, 0.3) is 0 Å². The van der Waals surface area contributed by atoms with Crippen molar-refractivity contribution in [2.24, 2.45) is 0 Å². The van der Waals surface area contributed by atoms with Crippen LogP contribution >= 0.6 is 0 Å². The summed E-state index contributed by atoms with van der Waals surface area (Å²) in [5.41, 5.74) is 0. The van der Waals surface area contributed by atoms with Gasteiger partial charge in [0.1, 0.15) is 0 Å². The summed E-state index contributed by atoms with van der Waals surface area (Å²) in [4.78, 5) is 24.3. The largest absolute Gasteiger partial charge is 0.341 e. The summed E-state index contributed by atoms with van der Waals surface area (Å²) in [6.45, 7) is 2.91. The first-order valence-corrected chi connectivity index (χ1v) is 5.46. The van der Waals surface area contributed by atoms with E-state index < -0.39 is 6.03 Å². The van der Waals surface area contributed by atoms with Crippen molar-refractivity contribution in [2.45, 2.75) is 25.7 Å². The molecule has 1 heterocycles. The molecule has 1 aliphatic heterocycles. The molecule has 0 spiro atoms. The van der Waals surface area contributed by atoms with Gasteiger partial charge in [0.25, 0.3) is 0 Å². The van der Waals surface area contributed by atoms with Gasteiger partial charge in [-0.25, -0.2) is 4.79 Å². The average molecular weight is 213 g/mol. The van der Waals surface area contributed by atoms with Crippen molar-refractivity contribution in [1.82, 2.24) is 15.5 Å². The van der Waals surface area contributed by atoms with Crippen molar-refractivity contribution in [3.8, 4) is 0 Å². The Morgan fingerprint density at radius 3 is 2.47 bits per heavy atom. The highest BCUT2D eigenvalue weighted by atomic mass is 16.2. The van der Waals surface area contributed by atoms with E-state index in [1.54, 1.807) is 0 Å². The number of amides is 3. The third-order valence-corrected chi connectivity index (χ3v) is 2.58. The summed E-state index contributed by atoms with van der Waals surface area (Å²) in [7, 11) is 1.49. The second-order valence-electron chi connectivity index (χ2n) is 3.78. The normalized spacial score (nSPS) is 17.1. The summed E-state index contributed by atoms with van der Waals surface area (Å²) in [5.74, 6) is -0.208. The molecule has 5 nitrogen and oxygen atoms in total. The molecule has 15 heavy (non-hydrogen) atoms. The number of piperidine rings is 1. The quantitative estimate of drug-likeness (QED) is 0.709. The first-order valence-electron chi connectivity index (χ1n) is 5.46. The molecule has 2 N–H and O–H groups in total. The molecule has 0 atom stereocenters. The molecule has 0 aromatic rings. The Labute approximate surface area is 90.2 Å². The minimum atomic E-state index is -0.432. The molecule has 0 aromatic carbocycles. The van der Waals surface area contributed by atoms with Crippen LogP contribution in [0.5, 0.6) is 0 Å². The molecule has 0 aliphatic carbocycles. The molecular formula is C10H19N3O2. The van der Waals surface area contributed by atoms with Crippen molar-refractivity contribution in [1.29, 1.82) is 0 Å². The van der Waals surface area contributed by atoms with E-state index in [0.29, 0.717) is 6.42 Å². The van der Waals surface area contributed by atoms with Gasteiger partial charge in [-0.2, -0.15) is 0 Å². The number of nitrogens with one attached hydrogen (secondary N) is 2. The maximum absolute atomic E-state index is 11.3. The SMILES string of the molecule is CNC(=O)NC(=O)CCN1CCCCC1. The molecule has 0 radical (unpaired) electrons. The Morgan fingerprint density at radius 1 is 1.20 bits per heavy atom. The van der Waals surface area contributed by atoms with Crippen LogP contribution in [-0.2, 0) is 4.79 Å². The van der Waals surface area contributed by atoms with Crippen LogP contribution in [0, 0.1) is 0 Å². The van der Waals surface area contributed by atoms with E-state index in [9.17, 15) is 9.59 Å². The van der Waals surface area contributed by atoms with Gasteiger partial charge in [-0.15, -0.1) is 0 Å². The van der Waals surface area contributed by atoms with E-state index >= 15 is 0 Å². The summed E-state index contributed by atoms with van der Waals surface area (Å²) >= 11 is 0. The van der Waals surface area contributed by atoms with E-state index in [4.69, 9.17) is 0 Å². The minimum Gasteiger partial charge on any atom is -0.341 e. The summed E-state index contributed by atoms with van der Waals surface area (Å²) < 4.78 is 0. The van der Waals surface area contributed by atoms with Crippen LogP contribution in [-0.4, -0.2) is 43.5 Å². The third kappa shape index (κ3) is 4.78. The number of carbonyl (C=O) groups is 2. The van der Waals surface area contributed by atoms with E-state index in [2.05, 4.69) is 15.5 Å². The van der Waals surface area contributed by atoms with Crippen LogP contribution in [0.3, 0.4) is 0 Å². The smallest absolute Gasteiger partial charge is 0.321 e. The highest BCUT2D eigenvalue weighted by Crippen LogP contribution is 2.08. The molecule has 5 heteroatoms. The lowest BCUT2D eigenvalue weighted by atomic mass is 10.1. The number of carbonyl (C=O) groups excluding carboxylic acids is 2. The average Bonchev–Trinajstić information content (AvgIpc) is 2.27. The zero-order valence-electron chi connectivity index (χ0n) is 9.21. The molecule has 1 fully saturated rings. The maximum Gasteiger partial charge on any atom is 0.321 e. The topological polar surface area (TPSA) is 61.4 Å².